The molecular formula is C16H12ClFN2O4. The highest BCUT2D eigenvalue weighted by Gasteiger charge is 2.17. The summed E-state index contributed by atoms with van der Waals surface area (Å²) in [4.78, 5) is 11.9. The van der Waals surface area contributed by atoms with E-state index >= 15 is 0 Å². The van der Waals surface area contributed by atoms with Crippen molar-refractivity contribution >= 4 is 17.6 Å². The fourth-order valence-electron chi connectivity index (χ4n) is 2.12. The van der Waals surface area contributed by atoms with Crippen molar-refractivity contribution in [1.82, 2.24) is 10.2 Å². The zero-order chi connectivity index (χ0) is 17.3. The third-order valence-electron chi connectivity index (χ3n) is 3.22. The van der Waals surface area contributed by atoms with Gasteiger partial charge in [0.25, 0.3) is 11.8 Å². The van der Waals surface area contributed by atoms with Crippen molar-refractivity contribution < 1.29 is 22.8 Å². The Hall–Kier alpha value is -2.67. The number of rotatable bonds is 4. The Labute approximate surface area is 141 Å². The predicted molar refractivity (Wildman–Crippen MR) is 82.0 cm³/mol. The molecule has 2 heterocycles. The van der Waals surface area contributed by atoms with E-state index in [1.807, 2.05) is 0 Å². The molecule has 124 valence electrons. The summed E-state index contributed by atoms with van der Waals surface area (Å²) in [6.45, 7) is 3.30. The molecular weight excluding hydrogens is 339 g/mol. The lowest BCUT2D eigenvalue weighted by Gasteiger charge is -2.03. The van der Waals surface area contributed by atoms with Crippen LogP contribution in [0.1, 0.15) is 27.8 Å². The third-order valence-corrected chi connectivity index (χ3v) is 3.45. The number of aromatic nitrogens is 2. The van der Waals surface area contributed by atoms with E-state index < -0.39 is 11.8 Å². The van der Waals surface area contributed by atoms with E-state index in [-0.39, 0.29) is 29.0 Å². The maximum atomic E-state index is 13.7. The van der Waals surface area contributed by atoms with Crippen LogP contribution < -0.4 is 0 Å². The summed E-state index contributed by atoms with van der Waals surface area (Å²) in [5.74, 6) is 0.0938. The molecule has 0 spiro atoms. The van der Waals surface area contributed by atoms with E-state index in [0.29, 0.717) is 17.1 Å². The number of carbonyl (C=O) groups is 1. The van der Waals surface area contributed by atoms with Gasteiger partial charge < -0.3 is 13.6 Å². The molecule has 8 heteroatoms. The molecule has 0 aliphatic rings. The summed E-state index contributed by atoms with van der Waals surface area (Å²) in [5.41, 5.74) is 0.446. The lowest BCUT2D eigenvalue weighted by atomic mass is 10.2. The summed E-state index contributed by atoms with van der Waals surface area (Å²) >= 11 is 5.64. The van der Waals surface area contributed by atoms with Gasteiger partial charge in [0.15, 0.2) is 6.61 Å². The maximum Gasteiger partial charge on any atom is 0.341 e. The van der Waals surface area contributed by atoms with Gasteiger partial charge in [-0.25, -0.2) is 9.18 Å². The lowest BCUT2D eigenvalue weighted by Crippen LogP contribution is -2.07. The summed E-state index contributed by atoms with van der Waals surface area (Å²) in [7, 11) is 0. The van der Waals surface area contributed by atoms with E-state index in [0.717, 1.165) is 6.07 Å². The highest BCUT2D eigenvalue weighted by atomic mass is 35.5. The second kappa shape index (κ2) is 6.45. The van der Waals surface area contributed by atoms with Gasteiger partial charge in [-0.2, -0.15) is 0 Å². The standard InChI is InChI=1S/C16H12ClFN2O4/c1-8-5-12(9(2)23-8)15-20-19-14(24-15)7-22-16(21)11-4-3-10(17)6-13(11)18/h3-6H,7H2,1-2H3. The van der Waals surface area contributed by atoms with Gasteiger partial charge in [-0.3, -0.25) is 0 Å². The first-order chi connectivity index (χ1) is 11.4. The Balaban J connectivity index is 1.69. The minimum absolute atomic E-state index is 0.0889. The van der Waals surface area contributed by atoms with Gasteiger partial charge in [0.1, 0.15) is 17.3 Å². The third kappa shape index (κ3) is 3.30. The molecule has 0 radical (unpaired) electrons. The average molecular weight is 351 g/mol. The Morgan fingerprint density at radius 1 is 1.25 bits per heavy atom. The van der Waals surface area contributed by atoms with Crippen molar-refractivity contribution in [2.45, 2.75) is 20.5 Å². The number of halogens is 2. The number of hydrogen-bond donors (Lipinski definition) is 0. The molecule has 0 bridgehead atoms. The molecule has 3 aromatic rings. The number of esters is 1. The van der Waals surface area contributed by atoms with Gasteiger partial charge in [-0.15, -0.1) is 10.2 Å². The van der Waals surface area contributed by atoms with Crippen LogP contribution in [0.3, 0.4) is 0 Å². The van der Waals surface area contributed by atoms with E-state index in [9.17, 15) is 9.18 Å². The van der Waals surface area contributed by atoms with E-state index in [1.54, 1.807) is 19.9 Å². The largest absolute Gasteiger partial charge is 0.466 e. The van der Waals surface area contributed by atoms with Gasteiger partial charge in [-0.1, -0.05) is 11.6 Å². The quantitative estimate of drug-likeness (QED) is 0.659. The van der Waals surface area contributed by atoms with Crippen LogP contribution in [0, 0.1) is 19.7 Å². The Morgan fingerprint density at radius 2 is 2.04 bits per heavy atom. The van der Waals surface area contributed by atoms with E-state index in [2.05, 4.69) is 10.2 Å². The molecule has 0 aliphatic carbocycles. The van der Waals surface area contributed by atoms with Crippen LogP contribution in [0.5, 0.6) is 0 Å². The Kier molecular flexibility index (Phi) is 4.35. The number of hydrogen-bond acceptors (Lipinski definition) is 6. The van der Waals surface area contributed by atoms with Gasteiger partial charge in [0.2, 0.25) is 0 Å². The number of furan rings is 1. The second-order valence-electron chi connectivity index (χ2n) is 5.03. The van der Waals surface area contributed by atoms with Crippen LogP contribution >= 0.6 is 11.6 Å². The first-order valence-corrected chi connectivity index (χ1v) is 7.34. The molecule has 0 N–H and O–H groups in total. The zero-order valence-electron chi connectivity index (χ0n) is 12.8. The van der Waals surface area contributed by atoms with Gasteiger partial charge >= 0.3 is 5.97 Å². The minimum Gasteiger partial charge on any atom is -0.466 e. The van der Waals surface area contributed by atoms with Gasteiger partial charge in [0.05, 0.1) is 11.1 Å². The highest BCUT2D eigenvalue weighted by molar-refractivity contribution is 6.30. The van der Waals surface area contributed by atoms with Crippen LogP contribution in [-0.4, -0.2) is 16.2 Å². The molecule has 2 aromatic heterocycles. The predicted octanol–water partition coefficient (Wildman–Crippen LogP) is 4.10. The van der Waals surface area contributed by atoms with Crippen LogP contribution in [0.25, 0.3) is 11.5 Å². The Morgan fingerprint density at radius 3 is 2.71 bits per heavy atom. The first-order valence-electron chi connectivity index (χ1n) is 6.96. The fraction of sp³-hybridized carbons (Fsp3) is 0.188. The molecule has 1 aromatic carbocycles. The first kappa shape index (κ1) is 16.2. The molecule has 0 aliphatic heterocycles. The summed E-state index contributed by atoms with van der Waals surface area (Å²) in [6.07, 6.45) is 0. The van der Waals surface area contributed by atoms with Crippen molar-refractivity contribution in [3.8, 4) is 11.5 Å². The van der Waals surface area contributed by atoms with Crippen LogP contribution in [0.15, 0.2) is 33.1 Å². The molecule has 3 rings (SSSR count). The summed E-state index contributed by atoms with van der Waals surface area (Å²) in [5, 5.41) is 7.87. The fourth-order valence-corrected chi connectivity index (χ4v) is 2.28. The molecule has 0 fully saturated rings. The molecule has 0 atom stereocenters. The SMILES string of the molecule is Cc1cc(-c2nnc(COC(=O)c3ccc(Cl)cc3F)o2)c(C)o1. The topological polar surface area (TPSA) is 78.4 Å². The normalized spacial score (nSPS) is 10.8. The molecule has 6 nitrogen and oxygen atoms in total. The number of aryl methyl sites for hydroxylation is 2. The minimum atomic E-state index is -0.848. The Bertz CT molecular complexity index is 903. The monoisotopic (exact) mass is 350 g/mol. The molecule has 24 heavy (non-hydrogen) atoms. The molecule has 0 saturated heterocycles. The van der Waals surface area contributed by atoms with Crippen LogP contribution in [0.4, 0.5) is 4.39 Å². The van der Waals surface area contributed by atoms with E-state index in [1.165, 1.54) is 12.1 Å². The average Bonchev–Trinajstić information content (AvgIpc) is 3.11. The van der Waals surface area contributed by atoms with Crippen molar-refractivity contribution in [3.05, 3.63) is 58.1 Å². The second-order valence-corrected chi connectivity index (χ2v) is 5.46. The van der Waals surface area contributed by atoms with Gasteiger partial charge in [-0.05, 0) is 38.1 Å². The van der Waals surface area contributed by atoms with Crippen molar-refractivity contribution in [2.24, 2.45) is 0 Å². The van der Waals surface area contributed by atoms with Crippen molar-refractivity contribution in [2.75, 3.05) is 0 Å². The summed E-state index contributed by atoms with van der Waals surface area (Å²) < 4.78 is 29.4. The molecule has 0 unspecified atom stereocenters. The van der Waals surface area contributed by atoms with Crippen LogP contribution in [0.2, 0.25) is 5.02 Å². The summed E-state index contributed by atoms with van der Waals surface area (Å²) in [6, 6.07) is 5.45. The maximum absolute atomic E-state index is 13.7. The van der Waals surface area contributed by atoms with Crippen molar-refractivity contribution in [3.63, 3.8) is 0 Å². The van der Waals surface area contributed by atoms with Crippen molar-refractivity contribution in [1.29, 1.82) is 0 Å². The zero-order valence-corrected chi connectivity index (χ0v) is 13.6. The number of nitrogens with zero attached hydrogens (tertiary/aromatic N) is 2. The number of benzene rings is 1. The van der Waals surface area contributed by atoms with E-state index in [4.69, 9.17) is 25.2 Å². The smallest absolute Gasteiger partial charge is 0.341 e. The van der Waals surface area contributed by atoms with Crippen LogP contribution in [-0.2, 0) is 11.3 Å². The number of ether oxygens (including phenoxy) is 1. The number of carbonyl (C=O) groups excluding carboxylic acids is 1. The molecule has 0 amide bonds. The highest BCUT2D eigenvalue weighted by Crippen LogP contribution is 2.25. The van der Waals surface area contributed by atoms with Gasteiger partial charge in [0, 0.05) is 5.02 Å². The molecule has 0 saturated carbocycles. The lowest BCUT2D eigenvalue weighted by molar-refractivity contribution is 0.0433.